The van der Waals surface area contributed by atoms with Gasteiger partial charge in [0.15, 0.2) is 0 Å². The zero-order chi connectivity index (χ0) is 13.7. The predicted octanol–water partition coefficient (Wildman–Crippen LogP) is 2.29. The molecule has 0 atom stereocenters. The first-order valence-electron chi connectivity index (χ1n) is 6.34. The van der Waals surface area contributed by atoms with E-state index in [1.807, 2.05) is 12.1 Å². The van der Waals surface area contributed by atoms with Crippen LogP contribution in [-0.2, 0) is 20.1 Å². The van der Waals surface area contributed by atoms with Crippen molar-refractivity contribution in [3.05, 3.63) is 29.8 Å². The third-order valence-corrected chi connectivity index (χ3v) is 5.38. The van der Waals surface area contributed by atoms with Crippen molar-refractivity contribution in [3.8, 4) is 0 Å². The number of halogens is 1. The second-order valence-corrected chi connectivity index (χ2v) is 7.01. The highest BCUT2D eigenvalue weighted by molar-refractivity contribution is 9.08. The standard InChI is InChI=1S/C13H18BrNO3S/c14-9-11-1-3-13(4-2-11)19(16,17)15-10-12-5-7-18-8-6-12/h1-4,12,15H,5-10H2. The minimum Gasteiger partial charge on any atom is -0.381 e. The molecule has 6 heteroatoms. The lowest BCUT2D eigenvalue weighted by molar-refractivity contribution is 0.0678. The van der Waals surface area contributed by atoms with Gasteiger partial charge in [-0.3, -0.25) is 0 Å². The molecule has 106 valence electrons. The van der Waals surface area contributed by atoms with Gasteiger partial charge in [-0.1, -0.05) is 28.1 Å². The van der Waals surface area contributed by atoms with Crippen molar-refractivity contribution in [3.63, 3.8) is 0 Å². The van der Waals surface area contributed by atoms with Crippen molar-refractivity contribution in [1.29, 1.82) is 0 Å². The summed E-state index contributed by atoms with van der Waals surface area (Å²) in [6.45, 7) is 1.95. The van der Waals surface area contributed by atoms with Crippen molar-refractivity contribution in [2.24, 2.45) is 5.92 Å². The summed E-state index contributed by atoms with van der Waals surface area (Å²) in [7, 11) is -3.39. The van der Waals surface area contributed by atoms with Crippen LogP contribution >= 0.6 is 15.9 Å². The maximum atomic E-state index is 12.1. The molecular formula is C13H18BrNO3S. The summed E-state index contributed by atoms with van der Waals surface area (Å²) in [4.78, 5) is 0.323. The smallest absolute Gasteiger partial charge is 0.240 e. The van der Waals surface area contributed by atoms with E-state index >= 15 is 0 Å². The molecule has 1 saturated heterocycles. The molecule has 2 rings (SSSR count). The molecule has 0 radical (unpaired) electrons. The monoisotopic (exact) mass is 347 g/mol. The van der Waals surface area contributed by atoms with Crippen LogP contribution in [0, 0.1) is 5.92 Å². The molecule has 0 spiro atoms. The molecule has 0 saturated carbocycles. The number of hydrogen-bond donors (Lipinski definition) is 1. The zero-order valence-corrected chi connectivity index (χ0v) is 13.0. The number of nitrogens with one attached hydrogen (secondary N) is 1. The number of benzene rings is 1. The van der Waals surface area contributed by atoms with Gasteiger partial charge in [0.05, 0.1) is 4.90 Å². The van der Waals surface area contributed by atoms with Crippen LogP contribution in [-0.4, -0.2) is 28.2 Å². The van der Waals surface area contributed by atoms with E-state index in [9.17, 15) is 8.42 Å². The Labute approximate surface area is 122 Å². The van der Waals surface area contributed by atoms with E-state index in [-0.39, 0.29) is 0 Å². The molecule has 1 aliphatic rings. The molecule has 1 aromatic carbocycles. The SMILES string of the molecule is O=S(=O)(NCC1CCOCC1)c1ccc(CBr)cc1. The van der Waals surface area contributed by atoms with Gasteiger partial charge in [0.1, 0.15) is 0 Å². The van der Waals surface area contributed by atoms with Gasteiger partial charge in [0.2, 0.25) is 10.0 Å². The molecule has 1 fully saturated rings. The Morgan fingerprint density at radius 2 is 1.84 bits per heavy atom. The Hall–Kier alpha value is -0.430. The van der Waals surface area contributed by atoms with E-state index in [4.69, 9.17) is 4.74 Å². The van der Waals surface area contributed by atoms with E-state index in [1.54, 1.807) is 12.1 Å². The highest BCUT2D eigenvalue weighted by Gasteiger charge is 2.18. The Morgan fingerprint density at radius 3 is 2.42 bits per heavy atom. The summed E-state index contributed by atoms with van der Waals surface area (Å²) in [5, 5.41) is 0.725. The fourth-order valence-corrected chi connectivity index (χ4v) is 3.51. The summed E-state index contributed by atoms with van der Waals surface area (Å²) in [5.74, 6) is 0.380. The maximum Gasteiger partial charge on any atom is 0.240 e. The minimum absolute atomic E-state index is 0.323. The molecular weight excluding hydrogens is 330 g/mol. The van der Waals surface area contributed by atoms with Gasteiger partial charge in [-0.25, -0.2) is 13.1 Å². The third kappa shape index (κ3) is 4.27. The van der Waals surface area contributed by atoms with Gasteiger partial charge in [0, 0.05) is 25.1 Å². The van der Waals surface area contributed by atoms with Crippen molar-refractivity contribution in [2.75, 3.05) is 19.8 Å². The summed E-state index contributed by atoms with van der Waals surface area (Å²) >= 11 is 3.34. The highest BCUT2D eigenvalue weighted by atomic mass is 79.9. The minimum atomic E-state index is -3.39. The van der Waals surface area contributed by atoms with Crippen LogP contribution in [0.4, 0.5) is 0 Å². The summed E-state index contributed by atoms with van der Waals surface area (Å²) in [6, 6.07) is 6.92. The largest absolute Gasteiger partial charge is 0.381 e. The molecule has 1 N–H and O–H groups in total. The first kappa shape index (κ1) is 15.0. The molecule has 0 amide bonds. The number of sulfonamides is 1. The Bertz CT molecular complexity index is 495. The van der Waals surface area contributed by atoms with Gasteiger partial charge >= 0.3 is 0 Å². The van der Waals surface area contributed by atoms with Crippen molar-refractivity contribution in [2.45, 2.75) is 23.1 Å². The fourth-order valence-electron chi connectivity index (χ4n) is 2.02. The molecule has 4 nitrogen and oxygen atoms in total. The molecule has 0 aromatic heterocycles. The second-order valence-electron chi connectivity index (χ2n) is 4.69. The maximum absolute atomic E-state index is 12.1. The van der Waals surface area contributed by atoms with Crippen LogP contribution in [0.25, 0.3) is 0 Å². The van der Waals surface area contributed by atoms with Crippen LogP contribution < -0.4 is 4.72 Å². The predicted molar refractivity (Wildman–Crippen MR) is 77.8 cm³/mol. The van der Waals surface area contributed by atoms with Crippen molar-refractivity contribution < 1.29 is 13.2 Å². The van der Waals surface area contributed by atoms with Gasteiger partial charge in [0.25, 0.3) is 0 Å². The Morgan fingerprint density at radius 1 is 1.21 bits per heavy atom. The molecule has 1 aliphatic heterocycles. The molecule has 19 heavy (non-hydrogen) atoms. The molecule has 0 unspecified atom stereocenters. The molecule has 0 aliphatic carbocycles. The quantitative estimate of drug-likeness (QED) is 0.831. The number of ether oxygens (including phenoxy) is 1. The Balaban J connectivity index is 1.96. The lowest BCUT2D eigenvalue weighted by Gasteiger charge is -2.22. The van der Waals surface area contributed by atoms with Gasteiger partial charge in [-0.2, -0.15) is 0 Å². The summed E-state index contributed by atoms with van der Waals surface area (Å²) in [5.41, 5.74) is 1.06. The lowest BCUT2D eigenvalue weighted by atomic mass is 10.0. The third-order valence-electron chi connectivity index (χ3n) is 3.29. The van der Waals surface area contributed by atoms with E-state index in [2.05, 4.69) is 20.7 Å². The Kier molecular flexibility index (Phi) is 5.38. The first-order valence-corrected chi connectivity index (χ1v) is 8.94. The summed E-state index contributed by atoms with van der Waals surface area (Å²) in [6.07, 6.45) is 1.84. The number of hydrogen-bond acceptors (Lipinski definition) is 3. The lowest BCUT2D eigenvalue weighted by Crippen LogP contribution is -2.32. The van der Waals surface area contributed by atoms with E-state index in [1.165, 1.54) is 0 Å². The van der Waals surface area contributed by atoms with Crippen LogP contribution in [0.2, 0.25) is 0 Å². The second kappa shape index (κ2) is 6.83. The molecule has 1 aromatic rings. The van der Waals surface area contributed by atoms with Gasteiger partial charge < -0.3 is 4.74 Å². The average molecular weight is 348 g/mol. The zero-order valence-electron chi connectivity index (χ0n) is 10.6. The average Bonchev–Trinajstić information content (AvgIpc) is 2.46. The highest BCUT2D eigenvalue weighted by Crippen LogP contribution is 2.16. The first-order chi connectivity index (χ1) is 9.12. The number of alkyl halides is 1. The normalized spacial score (nSPS) is 17.5. The van der Waals surface area contributed by atoms with Crippen molar-refractivity contribution >= 4 is 26.0 Å². The van der Waals surface area contributed by atoms with E-state index < -0.39 is 10.0 Å². The number of rotatable bonds is 5. The van der Waals surface area contributed by atoms with Crippen LogP contribution in [0.1, 0.15) is 18.4 Å². The van der Waals surface area contributed by atoms with Crippen LogP contribution in [0.3, 0.4) is 0 Å². The topological polar surface area (TPSA) is 55.4 Å². The fraction of sp³-hybridized carbons (Fsp3) is 0.538. The van der Waals surface area contributed by atoms with E-state index in [0.29, 0.717) is 17.4 Å². The van der Waals surface area contributed by atoms with E-state index in [0.717, 1.165) is 36.9 Å². The van der Waals surface area contributed by atoms with Crippen LogP contribution in [0.5, 0.6) is 0 Å². The molecule has 0 bridgehead atoms. The van der Waals surface area contributed by atoms with Gasteiger partial charge in [-0.05, 0) is 36.5 Å². The van der Waals surface area contributed by atoms with Gasteiger partial charge in [-0.15, -0.1) is 0 Å². The molecule has 1 heterocycles. The summed E-state index contributed by atoms with van der Waals surface area (Å²) < 4.78 is 32.2. The van der Waals surface area contributed by atoms with Crippen LogP contribution in [0.15, 0.2) is 29.2 Å². The van der Waals surface area contributed by atoms with Crippen molar-refractivity contribution in [1.82, 2.24) is 4.72 Å².